The number of anilines is 2. The number of ether oxygens (including phenoxy) is 1. The topological polar surface area (TPSA) is 84.5 Å². The lowest BCUT2D eigenvalue weighted by Crippen LogP contribution is -2.14. The van der Waals surface area contributed by atoms with Gasteiger partial charge < -0.3 is 15.4 Å². The maximum absolute atomic E-state index is 12.1. The monoisotopic (exact) mass is 364 g/mol. The summed E-state index contributed by atoms with van der Waals surface area (Å²) < 4.78 is 4.64. The first-order valence-corrected chi connectivity index (χ1v) is 8.63. The van der Waals surface area contributed by atoms with Crippen molar-refractivity contribution < 1.29 is 19.1 Å². The van der Waals surface area contributed by atoms with Gasteiger partial charge in [0.25, 0.3) is 0 Å². The molecule has 0 heterocycles. The second-order valence-corrected chi connectivity index (χ2v) is 6.28. The highest BCUT2D eigenvalue weighted by Crippen LogP contribution is 2.30. The van der Waals surface area contributed by atoms with Crippen LogP contribution in [0.1, 0.15) is 28.8 Å². The zero-order valence-electron chi connectivity index (χ0n) is 14.9. The highest BCUT2D eigenvalue weighted by molar-refractivity contribution is 6.02. The molecule has 0 atom stereocenters. The van der Waals surface area contributed by atoms with E-state index in [1.807, 2.05) is 0 Å². The highest BCUT2D eigenvalue weighted by atomic mass is 16.5. The van der Waals surface area contributed by atoms with Crippen LogP contribution < -0.4 is 10.6 Å². The summed E-state index contributed by atoms with van der Waals surface area (Å²) in [6, 6.07) is 13.8. The summed E-state index contributed by atoms with van der Waals surface area (Å²) >= 11 is 0. The van der Waals surface area contributed by atoms with Gasteiger partial charge in [0.2, 0.25) is 11.8 Å². The molecule has 0 radical (unpaired) electrons. The molecule has 1 fully saturated rings. The van der Waals surface area contributed by atoms with Crippen LogP contribution in [0.4, 0.5) is 11.4 Å². The van der Waals surface area contributed by atoms with Crippen molar-refractivity contribution in [3.8, 4) is 0 Å². The molecule has 6 heteroatoms. The Bertz CT molecular complexity index is 883. The van der Waals surface area contributed by atoms with Crippen LogP contribution in [0, 0.1) is 5.92 Å². The lowest BCUT2D eigenvalue weighted by Gasteiger charge is -2.07. The third-order valence-electron chi connectivity index (χ3n) is 4.10. The minimum Gasteiger partial charge on any atom is -0.465 e. The number of hydrogen-bond donors (Lipinski definition) is 2. The van der Waals surface area contributed by atoms with Gasteiger partial charge in [0, 0.05) is 23.4 Å². The molecule has 0 unspecified atom stereocenters. The van der Waals surface area contributed by atoms with Crippen LogP contribution in [0.2, 0.25) is 0 Å². The fourth-order valence-electron chi connectivity index (χ4n) is 2.47. The third kappa shape index (κ3) is 5.28. The zero-order chi connectivity index (χ0) is 19.2. The molecule has 138 valence electrons. The van der Waals surface area contributed by atoms with Crippen LogP contribution >= 0.6 is 0 Å². The SMILES string of the molecule is COC(=O)c1ccc(/C=C/C(=O)Nc2cccc(NC(=O)C3CC3)c2)cc1. The van der Waals surface area contributed by atoms with E-state index in [-0.39, 0.29) is 17.7 Å². The van der Waals surface area contributed by atoms with Gasteiger partial charge in [-0.2, -0.15) is 0 Å². The number of esters is 1. The molecule has 3 rings (SSSR count). The van der Waals surface area contributed by atoms with Crippen LogP contribution in [0.5, 0.6) is 0 Å². The fraction of sp³-hybridized carbons (Fsp3) is 0.190. The number of carbonyl (C=O) groups excluding carboxylic acids is 3. The van der Waals surface area contributed by atoms with Crippen LogP contribution in [0.25, 0.3) is 6.08 Å². The van der Waals surface area contributed by atoms with Crippen LogP contribution in [-0.4, -0.2) is 24.9 Å². The maximum atomic E-state index is 12.1. The summed E-state index contributed by atoms with van der Waals surface area (Å²) in [6.45, 7) is 0. The first kappa shape index (κ1) is 18.4. The predicted octanol–water partition coefficient (Wildman–Crippen LogP) is 3.47. The van der Waals surface area contributed by atoms with Crippen molar-refractivity contribution in [2.75, 3.05) is 17.7 Å². The van der Waals surface area contributed by atoms with E-state index in [4.69, 9.17) is 0 Å². The summed E-state index contributed by atoms with van der Waals surface area (Å²) in [5, 5.41) is 5.61. The molecule has 2 aromatic carbocycles. The van der Waals surface area contributed by atoms with Crippen molar-refractivity contribution in [1.29, 1.82) is 0 Å². The minimum atomic E-state index is -0.406. The lowest BCUT2D eigenvalue weighted by atomic mass is 10.1. The van der Waals surface area contributed by atoms with Gasteiger partial charge in [-0.1, -0.05) is 18.2 Å². The van der Waals surface area contributed by atoms with Crippen molar-refractivity contribution in [2.45, 2.75) is 12.8 Å². The number of amides is 2. The molecule has 2 amide bonds. The molecule has 0 aliphatic heterocycles. The Morgan fingerprint density at radius 3 is 2.30 bits per heavy atom. The fourth-order valence-corrected chi connectivity index (χ4v) is 2.47. The largest absolute Gasteiger partial charge is 0.465 e. The van der Waals surface area contributed by atoms with E-state index in [0.717, 1.165) is 18.4 Å². The normalized spacial score (nSPS) is 13.2. The van der Waals surface area contributed by atoms with Crippen LogP contribution in [0.3, 0.4) is 0 Å². The lowest BCUT2D eigenvalue weighted by molar-refractivity contribution is -0.117. The van der Waals surface area contributed by atoms with E-state index in [9.17, 15) is 14.4 Å². The number of carbonyl (C=O) groups is 3. The van der Waals surface area contributed by atoms with Gasteiger partial charge in [-0.25, -0.2) is 4.79 Å². The molecular formula is C21H20N2O4. The molecule has 0 saturated heterocycles. The van der Waals surface area contributed by atoms with Gasteiger partial charge in [-0.3, -0.25) is 9.59 Å². The van der Waals surface area contributed by atoms with Gasteiger partial charge in [-0.05, 0) is 54.8 Å². The van der Waals surface area contributed by atoms with Crippen molar-refractivity contribution in [3.05, 3.63) is 65.7 Å². The van der Waals surface area contributed by atoms with E-state index < -0.39 is 5.97 Å². The summed E-state index contributed by atoms with van der Waals surface area (Å²) in [6.07, 6.45) is 4.93. The predicted molar refractivity (Wildman–Crippen MR) is 103 cm³/mol. The molecular weight excluding hydrogens is 344 g/mol. The van der Waals surface area contributed by atoms with Crippen LogP contribution in [-0.2, 0) is 14.3 Å². The van der Waals surface area contributed by atoms with Crippen molar-refractivity contribution >= 4 is 35.2 Å². The standard InChI is InChI=1S/C21H20N2O4/c1-27-21(26)16-8-5-14(6-9-16)7-12-19(24)22-17-3-2-4-18(13-17)23-20(25)15-10-11-15/h2-9,12-13,15H,10-11H2,1H3,(H,22,24)(H,23,25)/b12-7+. The molecule has 0 aromatic heterocycles. The second-order valence-electron chi connectivity index (χ2n) is 6.28. The highest BCUT2D eigenvalue weighted by Gasteiger charge is 2.29. The molecule has 27 heavy (non-hydrogen) atoms. The summed E-state index contributed by atoms with van der Waals surface area (Å²) in [7, 11) is 1.33. The minimum absolute atomic E-state index is 0.0220. The van der Waals surface area contributed by atoms with Crippen LogP contribution in [0.15, 0.2) is 54.6 Å². The summed E-state index contributed by atoms with van der Waals surface area (Å²) in [5.41, 5.74) is 2.48. The molecule has 2 aromatic rings. The quantitative estimate of drug-likeness (QED) is 0.607. The first-order chi connectivity index (χ1) is 13.0. The molecule has 6 nitrogen and oxygen atoms in total. The molecule has 1 saturated carbocycles. The maximum Gasteiger partial charge on any atom is 0.337 e. The summed E-state index contributed by atoms with van der Waals surface area (Å²) in [4.78, 5) is 35.3. The Morgan fingerprint density at radius 1 is 1.00 bits per heavy atom. The average Bonchev–Trinajstić information content (AvgIpc) is 3.52. The Balaban J connectivity index is 1.57. The van der Waals surface area contributed by atoms with Gasteiger partial charge in [0.15, 0.2) is 0 Å². The van der Waals surface area contributed by atoms with Gasteiger partial charge in [0.05, 0.1) is 12.7 Å². The van der Waals surface area contributed by atoms with E-state index in [1.165, 1.54) is 13.2 Å². The Morgan fingerprint density at radius 2 is 1.67 bits per heavy atom. The van der Waals surface area contributed by atoms with Gasteiger partial charge >= 0.3 is 5.97 Å². The van der Waals surface area contributed by atoms with Gasteiger partial charge in [-0.15, -0.1) is 0 Å². The van der Waals surface area contributed by atoms with Crippen molar-refractivity contribution in [2.24, 2.45) is 5.92 Å². The number of nitrogens with one attached hydrogen (secondary N) is 2. The zero-order valence-corrected chi connectivity index (χ0v) is 14.9. The van der Waals surface area contributed by atoms with Crippen molar-refractivity contribution in [1.82, 2.24) is 0 Å². The van der Waals surface area contributed by atoms with E-state index in [1.54, 1.807) is 54.6 Å². The van der Waals surface area contributed by atoms with E-state index in [2.05, 4.69) is 15.4 Å². The molecule has 2 N–H and O–H groups in total. The Labute approximate surface area is 157 Å². The third-order valence-corrected chi connectivity index (χ3v) is 4.10. The number of rotatable bonds is 6. The smallest absolute Gasteiger partial charge is 0.337 e. The number of benzene rings is 2. The Hall–Kier alpha value is -3.41. The van der Waals surface area contributed by atoms with E-state index in [0.29, 0.717) is 16.9 Å². The molecule has 1 aliphatic rings. The summed E-state index contributed by atoms with van der Waals surface area (Å²) in [5.74, 6) is -0.555. The first-order valence-electron chi connectivity index (χ1n) is 8.63. The number of hydrogen-bond acceptors (Lipinski definition) is 4. The number of methoxy groups -OCH3 is 1. The van der Waals surface area contributed by atoms with Gasteiger partial charge in [0.1, 0.15) is 0 Å². The van der Waals surface area contributed by atoms with Crippen molar-refractivity contribution in [3.63, 3.8) is 0 Å². The molecule has 1 aliphatic carbocycles. The second kappa shape index (κ2) is 8.31. The molecule has 0 spiro atoms. The Kier molecular flexibility index (Phi) is 5.66. The molecule has 0 bridgehead atoms. The van der Waals surface area contributed by atoms with E-state index >= 15 is 0 Å². The average molecular weight is 364 g/mol.